The van der Waals surface area contributed by atoms with Crippen LogP contribution in [0, 0.1) is 0 Å². The van der Waals surface area contributed by atoms with Crippen LogP contribution in [0.4, 0.5) is 0 Å². The van der Waals surface area contributed by atoms with Gasteiger partial charge in [0.1, 0.15) is 12.3 Å². The van der Waals surface area contributed by atoms with Crippen molar-refractivity contribution in [2.45, 2.75) is 24.9 Å². The predicted molar refractivity (Wildman–Crippen MR) is 63.3 cm³/mol. The van der Waals surface area contributed by atoms with Crippen LogP contribution < -0.4 is 11.2 Å². The van der Waals surface area contributed by atoms with E-state index < -0.39 is 29.7 Å². The average Bonchev–Trinajstić information content (AvgIpc) is 2.59. The summed E-state index contributed by atoms with van der Waals surface area (Å²) in [7, 11) is 0. The first-order valence-electron chi connectivity index (χ1n) is 4.87. The van der Waals surface area contributed by atoms with E-state index in [2.05, 4.69) is 4.98 Å². The van der Waals surface area contributed by atoms with Crippen LogP contribution in [-0.4, -0.2) is 38.6 Å². The number of nitrogens with zero attached hydrogens (tertiary/aromatic N) is 1. The third-order valence-electron chi connectivity index (χ3n) is 2.55. The SMILES string of the molecule is Br.O=c1ccn([C@H]2C[C@H](O)[C@@H](CO)O2)c(=O)[nH]1. The Hall–Kier alpha value is -0.960. The fourth-order valence-electron chi connectivity index (χ4n) is 1.70. The fraction of sp³-hybridized carbons (Fsp3) is 0.556. The number of aliphatic hydroxyl groups is 2. The maximum Gasteiger partial charge on any atom is 0.330 e. The van der Waals surface area contributed by atoms with Crippen molar-refractivity contribution >= 4 is 17.0 Å². The molecular weight excluding hydrogens is 296 g/mol. The Balaban J connectivity index is 0.00000144. The molecule has 0 spiro atoms. The summed E-state index contributed by atoms with van der Waals surface area (Å²) >= 11 is 0. The van der Waals surface area contributed by atoms with Gasteiger partial charge < -0.3 is 14.9 Å². The Morgan fingerprint density at radius 2 is 2.24 bits per heavy atom. The number of nitrogens with one attached hydrogen (secondary N) is 1. The molecule has 0 amide bonds. The number of hydrogen-bond acceptors (Lipinski definition) is 5. The minimum Gasteiger partial charge on any atom is -0.394 e. The van der Waals surface area contributed by atoms with Crippen LogP contribution in [0.3, 0.4) is 0 Å². The first kappa shape index (κ1) is 14.1. The molecule has 2 heterocycles. The normalized spacial score (nSPS) is 27.8. The highest BCUT2D eigenvalue weighted by Crippen LogP contribution is 2.26. The van der Waals surface area contributed by atoms with E-state index in [1.165, 1.54) is 16.8 Å². The lowest BCUT2D eigenvalue weighted by Crippen LogP contribution is -2.31. The van der Waals surface area contributed by atoms with Gasteiger partial charge in [0, 0.05) is 18.7 Å². The largest absolute Gasteiger partial charge is 0.394 e. The lowest BCUT2D eigenvalue weighted by molar-refractivity contribution is -0.0459. The summed E-state index contributed by atoms with van der Waals surface area (Å²) in [6.45, 7) is -0.310. The number of aromatic amines is 1. The van der Waals surface area contributed by atoms with Gasteiger partial charge in [0.2, 0.25) is 0 Å². The first-order chi connectivity index (χ1) is 7.61. The predicted octanol–water partition coefficient (Wildman–Crippen LogP) is -1.24. The van der Waals surface area contributed by atoms with Crippen molar-refractivity contribution in [1.82, 2.24) is 9.55 Å². The van der Waals surface area contributed by atoms with Crippen molar-refractivity contribution < 1.29 is 14.9 Å². The zero-order valence-electron chi connectivity index (χ0n) is 8.78. The van der Waals surface area contributed by atoms with Crippen LogP contribution in [0.1, 0.15) is 12.6 Å². The van der Waals surface area contributed by atoms with Crippen LogP contribution in [-0.2, 0) is 4.74 Å². The number of ether oxygens (including phenoxy) is 1. The Morgan fingerprint density at radius 3 is 2.76 bits per heavy atom. The van der Waals surface area contributed by atoms with Crippen molar-refractivity contribution in [2.24, 2.45) is 0 Å². The fourth-order valence-corrected chi connectivity index (χ4v) is 1.70. The smallest absolute Gasteiger partial charge is 0.330 e. The van der Waals surface area contributed by atoms with Gasteiger partial charge in [0.05, 0.1) is 12.7 Å². The second-order valence-corrected chi connectivity index (χ2v) is 3.63. The van der Waals surface area contributed by atoms with E-state index in [-0.39, 0.29) is 30.0 Å². The van der Waals surface area contributed by atoms with Gasteiger partial charge in [-0.05, 0) is 0 Å². The molecule has 1 saturated heterocycles. The van der Waals surface area contributed by atoms with Crippen molar-refractivity contribution in [2.75, 3.05) is 6.61 Å². The van der Waals surface area contributed by atoms with Crippen molar-refractivity contribution in [3.8, 4) is 0 Å². The molecule has 1 aliphatic heterocycles. The highest BCUT2D eigenvalue weighted by molar-refractivity contribution is 8.93. The molecule has 0 unspecified atom stereocenters. The maximum absolute atomic E-state index is 11.4. The highest BCUT2D eigenvalue weighted by atomic mass is 79.9. The molecule has 1 fully saturated rings. The van der Waals surface area contributed by atoms with Gasteiger partial charge in [-0.25, -0.2) is 4.79 Å². The van der Waals surface area contributed by atoms with Crippen molar-refractivity contribution in [3.63, 3.8) is 0 Å². The molecule has 8 heteroatoms. The number of hydrogen-bond donors (Lipinski definition) is 3. The molecular formula is C9H13BrN2O5. The van der Waals surface area contributed by atoms with E-state index in [1.807, 2.05) is 0 Å². The van der Waals surface area contributed by atoms with Gasteiger partial charge in [0.25, 0.3) is 5.56 Å². The quantitative estimate of drug-likeness (QED) is 0.633. The number of rotatable bonds is 2. The first-order valence-corrected chi connectivity index (χ1v) is 4.87. The second-order valence-electron chi connectivity index (χ2n) is 3.63. The van der Waals surface area contributed by atoms with Crippen molar-refractivity contribution in [1.29, 1.82) is 0 Å². The summed E-state index contributed by atoms with van der Waals surface area (Å²) in [5.74, 6) is 0. The van der Waals surface area contributed by atoms with Gasteiger partial charge in [-0.2, -0.15) is 0 Å². The minimum atomic E-state index is -0.811. The van der Waals surface area contributed by atoms with E-state index in [9.17, 15) is 14.7 Å². The third-order valence-corrected chi connectivity index (χ3v) is 2.55. The molecule has 3 N–H and O–H groups in total. The van der Waals surface area contributed by atoms with E-state index in [0.717, 1.165) is 0 Å². The number of aromatic nitrogens is 2. The van der Waals surface area contributed by atoms with E-state index in [0.29, 0.717) is 0 Å². The van der Waals surface area contributed by atoms with Gasteiger partial charge in [0.15, 0.2) is 0 Å². The van der Waals surface area contributed by atoms with E-state index >= 15 is 0 Å². The summed E-state index contributed by atoms with van der Waals surface area (Å²) in [5.41, 5.74) is -1.08. The monoisotopic (exact) mass is 308 g/mol. The third kappa shape index (κ3) is 2.83. The minimum absolute atomic E-state index is 0. The Bertz CT molecular complexity index is 485. The van der Waals surface area contributed by atoms with E-state index in [4.69, 9.17) is 9.84 Å². The lowest BCUT2D eigenvalue weighted by Gasteiger charge is -2.13. The van der Waals surface area contributed by atoms with Crippen LogP contribution in [0.25, 0.3) is 0 Å². The molecule has 0 radical (unpaired) electrons. The molecule has 17 heavy (non-hydrogen) atoms. The summed E-state index contributed by atoms with van der Waals surface area (Å²) < 4.78 is 6.45. The van der Waals surface area contributed by atoms with Gasteiger partial charge in [-0.1, -0.05) is 0 Å². The molecule has 1 aromatic heterocycles. The number of aliphatic hydroxyl groups excluding tert-OH is 2. The zero-order valence-corrected chi connectivity index (χ0v) is 10.5. The average molecular weight is 309 g/mol. The van der Waals surface area contributed by atoms with Gasteiger partial charge in [-0.3, -0.25) is 14.3 Å². The van der Waals surface area contributed by atoms with Crippen LogP contribution >= 0.6 is 17.0 Å². The molecule has 0 aliphatic carbocycles. The lowest BCUT2D eigenvalue weighted by atomic mass is 10.2. The number of halogens is 1. The summed E-state index contributed by atoms with van der Waals surface area (Å²) in [6, 6.07) is 1.20. The molecule has 1 aliphatic rings. The summed E-state index contributed by atoms with van der Waals surface area (Å²) in [6.07, 6.45) is -0.649. The van der Waals surface area contributed by atoms with E-state index in [1.54, 1.807) is 0 Å². The number of H-pyrrole nitrogens is 1. The van der Waals surface area contributed by atoms with Gasteiger partial charge >= 0.3 is 5.69 Å². The Morgan fingerprint density at radius 1 is 1.53 bits per heavy atom. The standard InChI is InChI=1S/C9H12N2O5.BrH/c12-4-6-5(13)3-8(16-6)11-2-1-7(14)10-9(11)15;/h1-2,5-6,8,12-13H,3-4H2,(H,10,14,15);1H/t5-,6+,8+;/m0./s1. The molecule has 7 nitrogen and oxygen atoms in total. The Labute approximate surface area is 106 Å². The Kier molecular flexibility index (Phi) is 4.63. The second kappa shape index (κ2) is 5.58. The summed E-state index contributed by atoms with van der Waals surface area (Å²) in [5, 5.41) is 18.4. The molecule has 3 atom stereocenters. The van der Waals surface area contributed by atoms with Crippen molar-refractivity contribution in [3.05, 3.63) is 33.1 Å². The van der Waals surface area contributed by atoms with Gasteiger partial charge in [-0.15, -0.1) is 17.0 Å². The summed E-state index contributed by atoms with van der Waals surface area (Å²) in [4.78, 5) is 24.3. The molecule has 96 valence electrons. The van der Waals surface area contributed by atoms with Crippen LogP contribution in [0.2, 0.25) is 0 Å². The molecule has 1 aromatic rings. The molecule has 0 aromatic carbocycles. The topological polar surface area (TPSA) is 105 Å². The van der Waals surface area contributed by atoms with Crippen LogP contribution in [0.5, 0.6) is 0 Å². The zero-order chi connectivity index (χ0) is 11.7. The molecule has 0 saturated carbocycles. The highest BCUT2D eigenvalue weighted by Gasteiger charge is 2.34. The maximum atomic E-state index is 11.4. The molecule has 2 rings (SSSR count). The van der Waals surface area contributed by atoms with Crippen LogP contribution in [0.15, 0.2) is 21.9 Å². The molecule has 0 bridgehead atoms.